The van der Waals surface area contributed by atoms with Crippen molar-refractivity contribution in [2.75, 3.05) is 19.8 Å². The summed E-state index contributed by atoms with van der Waals surface area (Å²) in [6.07, 6.45) is 4.62. The number of carbonyl (C=O) groups is 1. The Morgan fingerprint density at radius 2 is 1.17 bits per heavy atom. The van der Waals surface area contributed by atoms with Crippen LogP contribution in [0.15, 0.2) is 0 Å². The average Bonchev–Trinajstić information content (AvgIpc) is 3.21. The highest BCUT2D eigenvalue weighted by Gasteiger charge is 2.58. The Kier molecular flexibility index (Phi) is 19.4. The molecule has 0 aromatic rings. The molecule has 2 aliphatic heterocycles. The number of unbranched alkanes of at least 4 members (excludes halogenated alkanes) is 12. The highest BCUT2D eigenvalue weighted by molar-refractivity contribution is 5.66. The highest BCUT2D eigenvalue weighted by atomic mass is 16.8. The van der Waals surface area contributed by atoms with E-state index in [-0.39, 0.29) is 0 Å². The topological polar surface area (TPSA) is 227 Å². The number of hydrogen-bond acceptors (Lipinski definition) is 12. The van der Waals surface area contributed by atoms with E-state index >= 15 is 0 Å². The minimum atomic E-state index is -2.22. The van der Waals surface area contributed by atoms with Gasteiger partial charge >= 0.3 is 5.97 Å². The summed E-state index contributed by atoms with van der Waals surface area (Å²) in [4.78, 5) is 10.3. The summed E-state index contributed by atoms with van der Waals surface area (Å²) in [7, 11) is 0. The van der Waals surface area contributed by atoms with Crippen LogP contribution < -0.4 is 0 Å². The van der Waals surface area contributed by atoms with Gasteiger partial charge in [-0.1, -0.05) is 84.0 Å². The van der Waals surface area contributed by atoms with Gasteiger partial charge in [0.2, 0.25) is 5.79 Å². The zero-order chi connectivity index (χ0) is 30.8. The normalized spacial score (nSPS) is 33.4. The van der Waals surface area contributed by atoms with Gasteiger partial charge in [0, 0.05) is 6.42 Å². The van der Waals surface area contributed by atoms with Crippen LogP contribution in [0.5, 0.6) is 0 Å². The number of rotatable bonds is 19. The van der Waals surface area contributed by atoms with E-state index in [0.29, 0.717) is 6.42 Å². The molecule has 244 valence electrons. The lowest BCUT2D eigenvalue weighted by atomic mass is 9.99. The number of aliphatic hydroxyl groups excluding tert-OH is 8. The first kappa shape index (κ1) is 38.1. The summed E-state index contributed by atoms with van der Waals surface area (Å²) in [5.41, 5.74) is 0. The van der Waals surface area contributed by atoms with Gasteiger partial charge in [-0.05, 0) is 6.42 Å². The number of hydrogen-bond donors (Lipinski definition) is 9. The van der Waals surface area contributed by atoms with Crippen molar-refractivity contribution in [3.05, 3.63) is 0 Å². The Hall–Kier alpha value is -0.970. The minimum Gasteiger partial charge on any atom is -0.481 e. The van der Waals surface area contributed by atoms with Crippen molar-refractivity contribution in [2.24, 2.45) is 0 Å². The van der Waals surface area contributed by atoms with E-state index in [4.69, 9.17) is 29.5 Å². The first-order chi connectivity index (χ1) is 19.6. The van der Waals surface area contributed by atoms with Gasteiger partial charge in [0.1, 0.15) is 49.3 Å². The third-order valence-corrected chi connectivity index (χ3v) is 7.56. The van der Waals surface area contributed by atoms with Gasteiger partial charge in [-0.2, -0.15) is 0 Å². The van der Waals surface area contributed by atoms with Gasteiger partial charge in [0.15, 0.2) is 6.29 Å². The van der Waals surface area contributed by atoms with E-state index in [0.717, 1.165) is 12.8 Å². The molecule has 2 saturated heterocycles. The van der Waals surface area contributed by atoms with Crippen LogP contribution in [0.25, 0.3) is 0 Å². The predicted octanol–water partition coefficient (Wildman–Crippen LogP) is 0.157. The maximum Gasteiger partial charge on any atom is 0.303 e. The Balaban J connectivity index is 0.000000425. The molecule has 9 N–H and O–H groups in total. The Morgan fingerprint density at radius 1 is 0.683 bits per heavy atom. The van der Waals surface area contributed by atoms with Gasteiger partial charge in [0.25, 0.3) is 0 Å². The van der Waals surface area contributed by atoms with Gasteiger partial charge < -0.3 is 60.2 Å². The number of aliphatic hydroxyl groups is 8. The molecule has 0 spiro atoms. The van der Waals surface area contributed by atoms with Crippen LogP contribution in [-0.4, -0.2) is 127 Å². The lowest BCUT2D eigenvalue weighted by molar-refractivity contribution is -0.383. The molecule has 0 radical (unpaired) electrons. The molecule has 13 heteroatoms. The second-order valence-corrected chi connectivity index (χ2v) is 10.9. The SMILES string of the molecule is CCCCCCCCCCCCCCCC(=O)O.OCC1OC(OC2(CO)OC(CO)C(O)C2O)C(O)C(O)C1O. The summed E-state index contributed by atoms with van der Waals surface area (Å²) in [5, 5.41) is 85.2. The lowest BCUT2D eigenvalue weighted by Crippen LogP contribution is -2.62. The van der Waals surface area contributed by atoms with E-state index in [9.17, 15) is 35.4 Å². The smallest absolute Gasteiger partial charge is 0.303 e. The molecule has 9 atom stereocenters. The van der Waals surface area contributed by atoms with Crippen molar-refractivity contribution in [1.82, 2.24) is 0 Å². The van der Waals surface area contributed by atoms with Crippen molar-refractivity contribution in [1.29, 1.82) is 0 Å². The maximum atomic E-state index is 10.3. The molecule has 9 unspecified atom stereocenters. The molecule has 2 rings (SSSR count). The highest BCUT2D eigenvalue weighted by Crippen LogP contribution is 2.35. The fraction of sp³-hybridized carbons (Fsp3) is 0.964. The molecule has 41 heavy (non-hydrogen) atoms. The molecule has 0 amide bonds. The summed E-state index contributed by atoms with van der Waals surface area (Å²) < 4.78 is 15.4. The monoisotopic (exact) mass is 598 g/mol. The average molecular weight is 599 g/mol. The minimum absolute atomic E-state index is 0.345. The van der Waals surface area contributed by atoms with Gasteiger partial charge in [-0.3, -0.25) is 4.79 Å². The summed E-state index contributed by atoms with van der Waals surface area (Å²) in [5.74, 6) is -2.88. The third-order valence-electron chi connectivity index (χ3n) is 7.56. The molecule has 2 aliphatic rings. The van der Waals surface area contributed by atoms with Crippen LogP contribution in [0, 0.1) is 0 Å². The summed E-state index contributed by atoms with van der Waals surface area (Å²) in [6.45, 7) is -0.0620. The fourth-order valence-corrected chi connectivity index (χ4v) is 4.93. The Labute approximate surface area is 242 Å². The second-order valence-electron chi connectivity index (χ2n) is 10.9. The van der Waals surface area contributed by atoms with E-state index in [2.05, 4.69) is 6.92 Å². The number of aliphatic carboxylic acids is 1. The molecule has 0 aromatic carbocycles. The van der Waals surface area contributed by atoms with Crippen molar-refractivity contribution < 1.29 is 65.0 Å². The molecule has 0 aromatic heterocycles. The second kappa shape index (κ2) is 20.9. The van der Waals surface area contributed by atoms with Crippen molar-refractivity contribution >= 4 is 5.97 Å². The van der Waals surface area contributed by atoms with Crippen molar-refractivity contribution in [2.45, 2.75) is 152 Å². The zero-order valence-corrected chi connectivity index (χ0v) is 24.3. The first-order valence-electron chi connectivity index (χ1n) is 15.0. The van der Waals surface area contributed by atoms with Gasteiger partial charge in [0.05, 0.1) is 13.2 Å². The maximum absolute atomic E-state index is 10.3. The van der Waals surface area contributed by atoms with E-state index < -0.39 is 80.6 Å². The van der Waals surface area contributed by atoms with Crippen LogP contribution in [0.3, 0.4) is 0 Å². The summed E-state index contributed by atoms with van der Waals surface area (Å²) in [6, 6.07) is 0. The number of ether oxygens (including phenoxy) is 3. The largest absolute Gasteiger partial charge is 0.481 e. The fourth-order valence-electron chi connectivity index (χ4n) is 4.93. The van der Waals surface area contributed by atoms with Gasteiger partial charge in [-0.15, -0.1) is 0 Å². The van der Waals surface area contributed by atoms with Crippen LogP contribution in [0.1, 0.15) is 96.8 Å². The van der Waals surface area contributed by atoms with Crippen molar-refractivity contribution in [3.8, 4) is 0 Å². The predicted molar refractivity (Wildman–Crippen MR) is 147 cm³/mol. The molecule has 0 bridgehead atoms. The number of carboxylic acid groups (broad SMARTS) is 1. The third kappa shape index (κ3) is 12.7. The molecule has 13 nitrogen and oxygen atoms in total. The van der Waals surface area contributed by atoms with Crippen LogP contribution in [-0.2, 0) is 19.0 Å². The van der Waals surface area contributed by atoms with E-state index in [1.807, 2.05) is 0 Å². The molecule has 0 aliphatic carbocycles. The standard InChI is InChI=1S/C16H32O2.C12H22O11/c1-2-3-4-5-6-7-8-9-10-11-12-13-14-15-16(17)18;13-1-4-6(16)8(18)9(19)11(21-4)23-12(3-15)10(20)7(17)5(2-14)22-12/h2-15H2,1H3,(H,17,18);4-11,13-20H,1-3H2. The lowest BCUT2D eigenvalue weighted by Gasteiger charge is -2.43. The van der Waals surface area contributed by atoms with Crippen LogP contribution in [0.4, 0.5) is 0 Å². The summed E-state index contributed by atoms with van der Waals surface area (Å²) >= 11 is 0. The van der Waals surface area contributed by atoms with E-state index in [1.165, 1.54) is 70.6 Å². The molecular formula is C28H54O13. The van der Waals surface area contributed by atoms with Crippen LogP contribution in [0.2, 0.25) is 0 Å². The Bertz CT molecular complexity index is 681. The number of carboxylic acids is 1. The molecule has 2 heterocycles. The zero-order valence-electron chi connectivity index (χ0n) is 24.3. The van der Waals surface area contributed by atoms with Gasteiger partial charge in [-0.25, -0.2) is 0 Å². The molecular weight excluding hydrogens is 544 g/mol. The molecule has 0 saturated carbocycles. The van der Waals surface area contributed by atoms with Crippen molar-refractivity contribution in [3.63, 3.8) is 0 Å². The molecule has 2 fully saturated rings. The first-order valence-corrected chi connectivity index (χ1v) is 15.0. The Morgan fingerprint density at radius 3 is 1.59 bits per heavy atom. The van der Waals surface area contributed by atoms with Crippen LogP contribution >= 0.6 is 0 Å². The quantitative estimate of drug-likeness (QED) is 0.0904. The van der Waals surface area contributed by atoms with E-state index in [1.54, 1.807) is 0 Å².